The lowest BCUT2D eigenvalue weighted by atomic mass is 9.84. The van der Waals surface area contributed by atoms with Crippen LogP contribution >= 0.6 is 23.2 Å². The Hall–Kier alpha value is -1.71. The number of carbonyl (C=O) groups is 1. The van der Waals surface area contributed by atoms with Crippen molar-refractivity contribution in [3.8, 4) is 11.5 Å². The van der Waals surface area contributed by atoms with Gasteiger partial charge >= 0.3 is 5.97 Å². The molecule has 0 aliphatic carbocycles. The number of carbonyl (C=O) groups excluding carboxylic acids is 1. The van der Waals surface area contributed by atoms with Gasteiger partial charge in [-0.05, 0) is 43.0 Å². The summed E-state index contributed by atoms with van der Waals surface area (Å²) >= 11 is 11.9. The normalized spacial score (nSPS) is 11.3. The van der Waals surface area contributed by atoms with E-state index in [0.29, 0.717) is 21.5 Å². The Morgan fingerprint density at radius 1 is 1.08 bits per heavy atom. The molecule has 5 heteroatoms. The van der Waals surface area contributed by atoms with Crippen molar-refractivity contribution in [2.24, 2.45) is 0 Å². The lowest BCUT2D eigenvalue weighted by Gasteiger charge is -2.24. The van der Waals surface area contributed by atoms with E-state index < -0.39 is 5.97 Å². The standard InChI is InChI=1S/C20H22Cl2O3/c1-12-8-13(2)19(15(9-12)20(3,4)5)25-18(23)11-24-17-7-6-14(21)10-16(17)22/h6-10H,11H2,1-5H3. The van der Waals surface area contributed by atoms with Crippen LogP contribution in [0.25, 0.3) is 0 Å². The maximum atomic E-state index is 12.3. The molecule has 3 nitrogen and oxygen atoms in total. The Morgan fingerprint density at radius 2 is 1.76 bits per heavy atom. The van der Waals surface area contributed by atoms with Crippen molar-refractivity contribution in [3.05, 3.63) is 57.1 Å². The van der Waals surface area contributed by atoms with Crippen molar-refractivity contribution in [3.63, 3.8) is 0 Å². The molecule has 0 N–H and O–H groups in total. The summed E-state index contributed by atoms with van der Waals surface area (Å²) in [6, 6.07) is 8.87. The summed E-state index contributed by atoms with van der Waals surface area (Å²) in [5.41, 5.74) is 2.89. The van der Waals surface area contributed by atoms with E-state index in [1.54, 1.807) is 18.2 Å². The van der Waals surface area contributed by atoms with Crippen LogP contribution in [0.1, 0.15) is 37.5 Å². The van der Waals surface area contributed by atoms with E-state index in [1.165, 1.54) is 0 Å². The molecule has 2 aromatic rings. The summed E-state index contributed by atoms with van der Waals surface area (Å²) in [5.74, 6) is 0.497. The molecule has 0 fully saturated rings. The first-order valence-electron chi connectivity index (χ1n) is 7.98. The predicted octanol–water partition coefficient (Wildman–Crippen LogP) is 5.89. The first kappa shape index (κ1) is 19.6. The highest BCUT2D eigenvalue weighted by molar-refractivity contribution is 6.35. The van der Waals surface area contributed by atoms with Gasteiger partial charge in [-0.15, -0.1) is 0 Å². The zero-order chi connectivity index (χ0) is 18.8. The maximum absolute atomic E-state index is 12.3. The third kappa shape index (κ3) is 5.13. The molecule has 0 amide bonds. The summed E-state index contributed by atoms with van der Waals surface area (Å²) in [4.78, 5) is 12.3. The number of hydrogen-bond acceptors (Lipinski definition) is 3. The molecule has 25 heavy (non-hydrogen) atoms. The van der Waals surface area contributed by atoms with Gasteiger partial charge in [0.2, 0.25) is 0 Å². The summed E-state index contributed by atoms with van der Waals surface area (Å²) in [6.07, 6.45) is 0. The Bertz CT molecular complexity index is 792. The van der Waals surface area contributed by atoms with Gasteiger partial charge in [-0.2, -0.15) is 0 Å². The molecule has 2 aromatic carbocycles. The van der Waals surface area contributed by atoms with Gasteiger partial charge < -0.3 is 9.47 Å². The van der Waals surface area contributed by atoms with Crippen molar-refractivity contribution in [1.82, 2.24) is 0 Å². The molecule has 134 valence electrons. The average Bonchev–Trinajstić information content (AvgIpc) is 2.47. The Labute approximate surface area is 158 Å². The smallest absolute Gasteiger partial charge is 0.349 e. The van der Waals surface area contributed by atoms with Crippen LogP contribution in [0, 0.1) is 13.8 Å². The minimum absolute atomic E-state index is 0.146. The molecule has 0 saturated heterocycles. The fourth-order valence-corrected chi connectivity index (χ4v) is 2.98. The fourth-order valence-electron chi connectivity index (χ4n) is 2.52. The topological polar surface area (TPSA) is 35.5 Å². The summed E-state index contributed by atoms with van der Waals surface area (Å²) in [6.45, 7) is 9.98. The highest BCUT2D eigenvalue weighted by atomic mass is 35.5. The van der Waals surface area contributed by atoms with Gasteiger partial charge in [0, 0.05) is 10.6 Å². The molecule has 0 aliphatic rings. The predicted molar refractivity (Wildman–Crippen MR) is 102 cm³/mol. The highest BCUT2D eigenvalue weighted by Crippen LogP contribution is 2.35. The van der Waals surface area contributed by atoms with Crippen LogP contribution in [0.4, 0.5) is 0 Å². The van der Waals surface area contributed by atoms with Gasteiger partial charge in [0.15, 0.2) is 6.61 Å². The van der Waals surface area contributed by atoms with Crippen molar-refractivity contribution in [2.45, 2.75) is 40.0 Å². The van der Waals surface area contributed by atoms with Crippen LogP contribution in [0.15, 0.2) is 30.3 Å². The molecule has 0 spiro atoms. The Balaban J connectivity index is 2.15. The molecule has 2 rings (SSSR count). The summed E-state index contributed by atoms with van der Waals surface area (Å²) < 4.78 is 11.1. The molecule has 0 bridgehead atoms. The summed E-state index contributed by atoms with van der Waals surface area (Å²) in [7, 11) is 0. The third-order valence-corrected chi connectivity index (χ3v) is 4.21. The molecule has 0 radical (unpaired) electrons. The van der Waals surface area contributed by atoms with Crippen LogP contribution in [0.2, 0.25) is 10.0 Å². The first-order valence-corrected chi connectivity index (χ1v) is 8.74. The molecule has 0 saturated carbocycles. The first-order chi connectivity index (χ1) is 11.6. The van der Waals surface area contributed by atoms with E-state index in [2.05, 4.69) is 20.8 Å². The average molecular weight is 381 g/mol. The molecule has 0 aromatic heterocycles. The van der Waals surface area contributed by atoms with E-state index in [4.69, 9.17) is 32.7 Å². The third-order valence-electron chi connectivity index (χ3n) is 3.68. The van der Waals surface area contributed by atoms with Crippen LogP contribution in [0.3, 0.4) is 0 Å². The molecule has 0 aliphatic heterocycles. The lowest BCUT2D eigenvalue weighted by molar-refractivity contribution is -0.136. The molecule has 0 atom stereocenters. The van der Waals surface area contributed by atoms with Gasteiger partial charge in [0.25, 0.3) is 0 Å². The van der Waals surface area contributed by atoms with Crippen molar-refractivity contribution < 1.29 is 14.3 Å². The van der Waals surface area contributed by atoms with Crippen molar-refractivity contribution in [1.29, 1.82) is 0 Å². The SMILES string of the molecule is Cc1cc(C)c(OC(=O)COc2ccc(Cl)cc2Cl)c(C(C)(C)C)c1. The number of hydrogen-bond donors (Lipinski definition) is 0. The zero-order valence-corrected chi connectivity index (χ0v) is 16.6. The number of benzene rings is 2. The van der Waals surface area contributed by atoms with Crippen molar-refractivity contribution >= 4 is 29.2 Å². The molecular weight excluding hydrogens is 359 g/mol. The number of aryl methyl sites for hydroxylation is 2. The maximum Gasteiger partial charge on any atom is 0.349 e. The second kappa shape index (κ2) is 7.67. The van der Waals surface area contributed by atoms with Crippen LogP contribution < -0.4 is 9.47 Å². The van der Waals surface area contributed by atoms with E-state index in [9.17, 15) is 4.79 Å². The van der Waals surface area contributed by atoms with Gasteiger partial charge in [-0.1, -0.05) is 61.7 Å². The second-order valence-electron chi connectivity index (χ2n) is 7.05. The monoisotopic (exact) mass is 380 g/mol. The zero-order valence-electron chi connectivity index (χ0n) is 15.1. The van der Waals surface area contributed by atoms with E-state index >= 15 is 0 Å². The number of rotatable bonds is 4. The lowest BCUT2D eigenvalue weighted by Crippen LogP contribution is -2.21. The van der Waals surface area contributed by atoms with Crippen LogP contribution in [-0.2, 0) is 10.2 Å². The van der Waals surface area contributed by atoms with Crippen LogP contribution in [-0.4, -0.2) is 12.6 Å². The quantitative estimate of drug-likeness (QED) is 0.489. The van der Waals surface area contributed by atoms with Gasteiger partial charge in [-0.3, -0.25) is 0 Å². The van der Waals surface area contributed by atoms with Gasteiger partial charge in [0.05, 0.1) is 5.02 Å². The van der Waals surface area contributed by atoms with Crippen LogP contribution in [0.5, 0.6) is 11.5 Å². The largest absolute Gasteiger partial charge is 0.480 e. The van der Waals surface area contributed by atoms with E-state index in [-0.39, 0.29) is 12.0 Å². The minimum Gasteiger partial charge on any atom is -0.480 e. The fraction of sp³-hybridized carbons (Fsp3) is 0.350. The second-order valence-corrected chi connectivity index (χ2v) is 7.89. The van der Waals surface area contributed by atoms with E-state index in [0.717, 1.165) is 16.7 Å². The number of halogens is 2. The van der Waals surface area contributed by atoms with Gasteiger partial charge in [-0.25, -0.2) is 4.79 Å². The minimum atomic E-state index is -0.483. The van der Waals surface area contributed by atoms with Crippen molar-refractivity contribution in [2.75, 3.05) is 6.61 Å². The van der Waals surface area contributed by atoms with E-state index in [1.807, 2.05) is 26.0 Å². The molecular formula is C20H22Cl2O3. The molecule has 0 heterocycles. The Morgan fingerprint density at radius 3 is 2.36 bits per heavy atom. The summed E-state index contributed by atoms with van der Waals surface area (Å²) in [5, 5.41) is 0.854. The van der Waals surface area contributed by atoms with Gasteiger partial charge in [0.1, 0.15) is 11.5 Å². The number of esters is 1. The number of ether oxygens (including phenoxy) is 2. The Kier molecular flexibility index (Phi) is 6.02. The molecule has 0 unspecified atom stereocenters. The highest BCUT2D eigenvalue weighted by Gasteiger charge is 2.23.